The molecule has 0 fully saturated rings. The van der Waals surface area contributed by atoms with E-state index < -0.39 is 10.4 Å². The van der Waals surface area contributed by atoms with Crippen molar-refractivity contribution in [2.24, 2.45) is 11.3 Å². The van der Waals surface area contributed by atoms with Gasteiger partial charge in [0.15, 0.2) is 0 Å². The number of hydrogen-bond donors (Lipinski definition) is 1. The molecule has 0 aromatic heterocycles. The van der Waals surface area contributed by atoms with Gasteiger partial charge in [-0.2, -0.15) is 8.42 Å². The van der Waals surface area contributed by atoms with Gasteiger partial charge in [0.2, 0.25) is 0 Å². The smallest absolute Gasteiger partial charge is 0.366 e. The van der Waals surface area contributed by atoms with E-state index in [-0.39, 0.29) is 17.1 Å². The average molecular weight is 334 g/mol. The predicted octanol–water partition coefficient (Wildman–Crippen LogP) is 4.40. The van der Waals surface area contributed by atoms with Gasteiger partial charge in [-0.1, -0.05) is 68.5 Å². The molecule has 0 aliphatic heterocycles. The molecule has 0 spiro atoms. The topological polar surface area (TPSA) is 63.6 Å². The van der Waals surface area contributed by atoms with Gasteiger partial charge in [-0.05, 0) is 24.5 Å². The maximum atomic E-state index is 11.1. The lowest BCUT2D eigenvalue weighted by molar-refractivity contribution is 0.220. The molecule has 1 aromatic carbocycles. The molecule has 0 radical (unpaired) electrons. The first kappa shape index (κ1) is 17.5. The molecular formula is C18H22O4S. The first-order valence-electron chi connectivity index (χ1n) is 7.71. The standard InChI is InChI=1S/C18H22O4S/c1-3-16-17(22-23(19,20)21)11-8-13-18(16,4-2)14-12-15-9-6-5-7-10-15/h5-14,16H,3-4H2,1-2H3,(H,19,20,21). The van der Waals surface area contributed by atoms with Crippen molar-refractivity contribution in [2.75, 3.05) is 0 Å². The van der Waals surface area contributed by atoms with Gasteiger partial charge in [-0.15, -0.1) is 0 Å². The lowest BCUT2D eigenvalue weighted by Crippen LogP contribution is -2.30. The highest BCUT2D eigenvalue weighted by Crippen LogP contribution is 2.45. The molecule has 2 atom stereocenters. The summed E-state index contributed by atoms with van der Waals surface area (Å²) in [6.07, 6.45) is 11.1. The van der Waals surface area contributed by atoms with Crippen LogP contribution in [0.1, 0.15) is 32.3 Å². The van der Waals surface area contributed by atoms with Crippen molar-refractivity contribution in [3.8, 4) is 0 Å². The van der Waals surface area contributed by atoms with Crippen LogP contribution >= 0.6 is 0 Å². The van der Waals surface area contributed by atoms with Crippen LogP contribution in [0.2, 0.25) is 0 Å². The summed E-state index contributed by atoms with van der Waals surface area (Å²) < 4.78 is 36.0. The molecular weight excluding hydrogens is 312 g/mol. The summed E-state index contributed by atoms with van der Waals surface area (Å²) in [7, 11) is -4.52. The number of benzene rings is 1. The van der Waals surface area contributed by atoms with Crippen molar-refractivity contribution < 1.29 is 17.2 Å². The van der Waals surface area contributed by atoms with E-state index in [0.717, 1.165) is 12.0 Å². The Balaban J connectivity index is 2.35. The van der Waals surface area contributed by atoms with Crippen molar-refractivity contribution in [2.45, 2.75) is 26.7 Å². The minimum Gasteiger partial charge on any atom is -0.366 e. The zero-order valence-corrected chi connectivity index (χ0v) is 14.2. The van der Waals surface area contributed by atoms with E-state index in [1.807, 2.05) is 43.3 Å². The van der Waals surface area contributed by atoms with Crippen molar-refractivity contribution >= 4 is 16.5 Å². The molecule has 1 aromatic rings. The van der Waals surface area contributed by atoms with Crippen molar-refractivity contribution in [3.63, 3.8) is 0 Å². The summed E-state index contributed by atoms with van der Waals surface area (Å²) in [5, 5.41) is 0. The van der Waals surface area contributed by atoms with Crippen LogP contribution in [0.4, 0.5) is 0 Å². The Morgan fingerprint density at radius 2 is 1.96 bits per heavy atom. The summed E-state index contributed by atoms with van der Waals surface area (Å²) in [4.78, 5) is 0. The van der Waals surface area contributed by atoms with E-state index in [1.54, 1.807) is 12.2 Å². The van der Waals surface area contributed by atoms with Crippen LogP contribution < -0.4 is 0 Å². The molecule has 5 heteroatoms. The molecule has 0 bridgehead atoms. The van der Waals surface area contributed by atoms with Gasteiger partial charge < -0.3 is 4.18 Å². The third-order valence-corrected chi connectivity index (χ3v) is 4.67. The van der Waals surface area contributed by atoms with E-state index in [2.05, 4.69) is 19.1 Å². The highest BCUT2D eigenvalue weighted by Gasteiger charge is 2.38. The Morgan fingerprint density at radius 1 is 1.26 bits per heavy atom. The van der Waals surface area contributed by atoms with Gasteiger partial charge in [0, 0.05) is 11.3 Å². The second-order valence-electron chi connectivity index (χ2n) is 5.61. The van der Waals surface area contributed by atoms with Gasteiger partial charge in [0.25, 0.3) is 0 Å². The molecule has 23 heavy (non-hydrogen) atoms. The van der Waals surface area contributed by atoms with Gasteiger partial charge >= 0.3 is 10.4 Å². The summed E-state index contributed by atoms with van der Waals surface area (Å²) in [5.41, 5.74) is 0.731. The second-order valence-corrected chi connectivity index (χ2v) is 6.63. The summed E-state index contributed by atoms with van der Waals surface area (Å²) >= 11 is 0. The van der Waals surface area contributed by atoms with E-state index >= 15 is 0 Å². The minimum absolute atomic E-state index is 0.153. The lowest BCUT2D eigenvalue weighted by atomic mass is 9.68. The minimum atomic E-state index is -4.52. The van der Waals surface area contributed by atoms with Gasteiger partial charge in [-0.3, -0.25) is 4.55 Å². The van der Waals surface area contributed by atoms with Crippen LogP contribution in [0.15, 0.2) is 60.4 Å². The number of hydrogen-bond acceptors (Lipinski definition) is 3. The van der Waals surface area contributed by atoms with Crippen molar-refractivity contribution in [1.82, 2.24) is 0 Å². The summed E-state index contributed by atoms with van der Waals surface area (Å²) in [5.74, 6) is 0.122. The molecule has 0 heterocycles. The van der Waals surface area contributed by atoms with Gasteiger partial charge in [0.05, 0.1) is 0 Å². The Bertz CT molecular complexity index is 717. The van der Waals surface area contributed by atoms with Gasteiger partial charge in [-0.25, -0.2) is 0 Å². The highest BCUT2D eigenvalue weighted by molar-refractivity contribution is 7.81. The average Bonchev–Trinajstić information content (AvgIpc) is 2.52. The Labute approximate surface area is 138 Å². The first-order chi connectivity index (χ1) is 10.9. The first-order valence-corrected chi connectivity index (χ1v) is 9.07. The lowest BCUT2D eigenvalue weighted by Gasteiger charge is -2.37. The molecule has 0 saturated carbocycles. The molecule has 4 nitrogen and oxygen atoms in total. The third kappa shape index (κ3) is 4.33. The fourth-order valence-corrected chi connectivity index (χ4v) is 3.49. The molecule has 2 rings (SSSR count). The van der Waals surface area contributed by atoms with Crippen molar-refractivity contribution in [1.29, 1.82) is 0 Å². The van der Waals surface area contributed by atoms with Crippen LogP contribution in [-0.4, -0.2) is 13.0 Å². The Kier molecular flexibility index (Phi) is 5.44. The zero-order chi connectivity index (χ0) is 16.9. The zero-order valence-electron chi connectivity index (χ0n) is 13.3. The number of allylic oxidation sites excluding steroid dienone is 5. The quantitative estimate of drug-likeness (QED) is 0.783. The fraction of sp³-hybridized carbons (Fsp3) is 0.333. The van der Waals surface area contributed by atoms with E-state index in [0.29, 0.717) is 6.42 Å². The van der Waals surface area contributed by atoms with E-state index in [9.17, 15) is 8.42 Å². The number of rotatable bonds is 6. The SMILES string of the molecule is CCC1C(OS(=O)(=O)O)=CC=CC1(C=Cc1ccccc1)CC. The maximum Gasteiger partial charge on any atom is 0.446 e. The van der Waals surface area contributed by atoms with E-state index in [1.165, 1.54) is 0 Å². The van der Waals surface area contributed by atoms with Crippen LogP contribution in [0, 0.1) is 11.3 Å². The predicted molar refractivity (Wildman–Crippen MR) is 91.8 cm³/mol. The molecule has 0 amide bonds. The van der Waals surface area contributed by atoms with Crippen molar-refractivity contribution in [3.05, 3.63) is 66.0 Å². The normalized spacial score (nSPS) is 24.7. The van der Waals surface area contributed by atoms with Crippen LogP contribution in [0.3, 0.4) is 0 Å². The molecule has 1 aliphatic carbocycles. The highest BCUT2D eigenvalue weighted by atomic mass is 32.3. The van der Waals surface area contributed by atoms with Gasteiger partial charge in [0.1, 0.15) is 5.76 Å². The second kappa shape index (κ2) is 7.15. The fourth-order valence-electron chi connectivity index (χ4n) is 3.08. The molecule has 0 saturated heterocycles. The maximum absolute atomic E-state index is 11.1. The van der Waals surface area contributed by atoms with Crippen LogP contribution in [0.5, 0.6) is 0 Å². The molecule has 1 N–H and O–H groups in total. The largest absolute Gasteiger partial charge is 0.446 e. The Morgan fingerprint density at radius 3 is 2.52 bits per heavy atom. The van der Waals surface area contributed by atoms with E-state index in [4.69, 9.17) is 8.74 Å². The summed E-state index contributed by atoms with van der Waals surface area (Å²) in [6, 6.07) is 9.93. The third-order valence-electron chi connectivity index (χ3n) is 4.27. The molecule has 124 valence electrons. The van der Waals surface area contributed by atoms with Crippen LogP contribution in [0.25, 0.3) is 6.08 Å². The summed E-state index contributed by atoms with van der Waals surface area (Å²) in [6.45, 7) is 4.03. The molecule has 2 unspecified atom stereocenters. The Hall–Kier alpha value is -1.85. The van der Waals surface area contributed by atoms with Crippen LogP contribution in [-0.2, 0) is 14.6 Å². The molecule has 1 aliphatic rings. The monoisotopic (exact) mass is 334 g/mol.